The fourth-order valence-electron chi connectivity index (χ4n) is 3.39. The molecule has 2 aromatic rings. The van der Waals surface area contributed by atoms with Gasteiger partial charge in [-0.25, -0.2) is 9.97 Å². The van der Waals surface area contributed by atoms with Gasteiger partial charge in [-0.05, 0) is 37.1 Å². The fraction of sp³-hybridized carbons (Fsp3) is 0.522. The first-order valence-corrected chi connectivity index (χ1v) is 11.8. The molecule has 0 aliphatic carbocycles. The van der Waals surface area contributed by atoms with Crippen molar-refractivity contribution >= 4 is 23.5 Å². The van der Waals surface area contributed by atoms with E-state index in [0.717, 1.165) is 60.7 Å². The van der Waals surface area contributed by atoms with Crippen molar-refractivity contribution < 1.29 is 4.79 Å². The molecule has 1 saturated heterocycles. The molecule has 0 saturated carbocycles. The maximum atomic E-state index is 12.3. The highest BCUT2D eigenvalue weighted by Gasteiger charge is 2.18. The largest absolute Gasteiger partial charge is 0.354 e. The molecule has 0 bridgehead atoms. The average molecular weight is 428 g/mol. The van der Waals surface area contributed by atoms with E-state index >= 15 is 0 Å². The van der Waals surface area contributed by atoms with Crippen molar-refractivity contribution in [3.8, 4) is 0 Å². The van der Waals surface area contributed by atoms with Crippen LogP contribution in [0.25, 0.3) is 0 Å². The van der Waals surface area contributed by atoms with Gasteiger partial charge >= 0.3 is 0 Å². The van der Waals surface area contributed by atoms with Crippen LogP contribution in [0.5, 0.6) is 0 Å². The molecule has 1 N–H and O–H groups in total. The van der Waals surface area contributed by atoms with E-state index in [9.17, 15) is 4.79 Å². The number of carbonyl (C=O) groups excluding carboxylic acids is 1. The third-order valence-electron chi connectivity index (χ3n) is 5.19. The van der Waals surface area contributed by atoms with Crippen molar-refractivity contribution in [3.05, 3.63) is 47.2 Å². The van der Waals surface area contributed by atoms with E-state index in [2.05, 4.69) is 46.9 Å². The van der Waals surface area contributed by atoms with Crippen LogP contribution in [-0.4, -0.2) is 60.0 Å². The number of piperazine rings is 1. The second-order valence-electron chi connectivity index (χ2n) is 8.16. The lowest BCUT2D eigenvalue weighted by molar-refractivity contribution is 0.0949. The van der Waals surface area contributed by atoms with E-state index in [-0.39, 0.29) is 5.91 Å². The molecular weight excluding hydrogens is 394 g/mol. The summed E-state index contributed by atoms with van der Waals surface area (Å²) in [6, 6.07) is 9.89. The van der Waals surface area contributed by atoms with Gasteiger partial charge in [-0.2, -0.15) is 0 Å². The van der Waals surface area contributed by atoms with Gasteiger partial charge in [0.25, 0.3) is 5.91 Å². The molecule has 7 heteroatoms. The molecule has 1 aliphatic heterocycles. The topological polar surface area (TPSA) is 61.4 Å². The number of benzene rings is 1. The molecule has 1 amide bonds. The molecule has 162 valence electrons. The van der Waals surface area contributed by atoms with Gasteiger partial charge in [0.15, 0.2) is 5.16 Å². The molecule has 3 rings (SSSR count). The number of hydrogen-bond acceptors (Lipinski definition) is 6. The first-order chi connectivity index (χ1) is 14.4. The predicted octanol–water partition coefficient (Wildman–Crippen LogP) is 3.61. The SMILES string of the molecule is CCN1CCN(c2cc(C)nc(SCc3cccc(C(=O)NCC(C)C)c3)n2)CC1. The summed E-state index contributed by atoms with van der Waals surface area (Å²) in [6.07, 6.45) is 0. The fourth-order valence-corrected chi connectivity index (χ4v) is 4.24. The average Bonchev–Trinajstić information content (AvgIpc) is 2.76. The number of nitrogens with one attached hydrogen (secondary N) is 1. The Bertz CT molecular complexity index is 849. The van der Waals surface area contributed by atoms with Crippen LogP contribution in [0.3, 0.4) is 0 Å². The maximum Gasteiger partial charge on any atom is 0.251 e. The Hall–Kier alpha value is -2.12. The molecule has 30 heavy (non-hydrogen) atoms. The number of aryl methyl sites for hydroxylation is 1. The highest BCUT2D eigenvalue weighted by molar-refractivity contribution is 7.98. The standard InChI is InChI=1S/C23H33N5OS/c1-5-27-9-11-28(12-10-27)21-13-18(4)25-23(26-21)30-16-19-7-6-8-20(14-19)22(29)24-15-17(2)3/h6-8,13-14,17H,5,9-12,15-16H2,1-4H3,(H,24,29). The monoisotopic (exact) mass is 427 g/mol. The van der Waals surface area contributed by atoms with Crippen LogP contribution < -0.4 is 10.2 Å². The molecule has 0 unspecified atom stereocenters. The zero-order valence-electron chi connectivity index (χ0n) is 18.5. The number of anilines is 1. The summed E-state index contributed by atoms with van der Waals surface area (Å²) in [4.78, 5) is 26.6. The second-order valence-corrected chi connectivity index (χ2v) is 9.11. The third kappa shape index (κ3) is 6.44. The number of rotatable bonds is 8. The zero-order chi connectivity index (χ0) is 21.5. The molecule has 1 aromatic heterocycles. The number of aromatic nitrogens is 2. The first-order valence-electron chi connectivity index (χ1n) is 10.8. The summed E-state index contributed by atoms with van der Waals surface area (Å²) in [5, 5.41) is 3.77. The molecule has 1 fully saturated rings. The van der Waals surface area contributed by atoms with Crippen LogP contribution in [0.15, 0.2) is 35.5 Å². The van der Waals surface area contributed by atoms with Crippen LogP contribution in [0.2, 0.25) is 0 Å². The molecule has 1 aromatic carbocycles. The van der Waals surface area contributed by atoms with Crippen LogP contribution in [0.1, 0.15) is 42.4 Å². The molecule has 0 atom stereocenters. The number of hydrogen-bond donors (Lipinski definition) is 1. The lowest BCUT2D eigenvalue weighted by atomic mass is 10.1. The van der Waals surface area contributed by atoms with E-state index in [1.54, 1.807) is 11.8 Å². The van der Waals surface area contributed by atoms with Crippen LogP contribution >= 0.6 is 11.8 Å². The van der Waals surface area contributed by atoms with Gasteiger partial charge in [0.05, 0.1) is 0 Å². The van der Waals surface area contributed by atoms with Crippen molar-refractivity contribution in [2.45, 2.75) is 38.6 Å². The van der Waals surface area contributed by atoms with Crippen molar-refractivity contribution in [2.24, 2.45) is 5.92 Å². The number of thioether (sulfide) groups is 1. The summed E-state index contributed by atoms with van der Waals surface area (Å²) in [7, 11) is 0. The normalized spacial score (nSPS) is 14.9. The van der Waals surface area contributed by atoms with Crippen molar-refractivity contribution in [3.63, 3.8) is 0 Å². The smallest absolute Gasteiger partial charge is 0.251 e. The summed E-state index contributed by atoms with van der Waals surface area (Å²) < 4.78 is 0. The minimum atomic E-state index is -0.0177. The van der Waals surface area contributed by atoms with E-state index in [0.29, 0.717) is 18.0 Å². The van der Waals surface area contributed by atoms with Crippen molar-refractivity contribution in [1.29, 1.82) is 0 Å². The Balaban J connectivity index is 1.63. The minimum Gasteiger partial charge on any atom is -0.354 e. The summed E-state index contributed by atoms with van der Waals surface area (Å²) in [6.45, 7) is 14.4. The van der Waals surface area contributed by atoms with Gasteiger partial charge in [-0.3, -0.25) is 4.79 Å². The number of likely N-dealkylation sites (N-methyl/N-ethyl adjacent to an activating group) is 1. The summed E-state index contributed by atoms with van der Waals surface area (Å²) >= 11 is 1.62. The van der Waals surface area contributed by atoms with Crippen molar-refractivity contribution in [1.82, 2.24) is 20.2 Å². The third-order valence-corrected chi connectivity index (χ3v) is 6.11. The van der Waals surface area contributed by atoms with Gasteiger partial charge in [0, 0.05) is 55.8 Å². The predicted molar refractivity (Wildman–Crippen MR) is 124 cm³/mol. The van der Waals surface area contributed by atoms with Crippen LogP contribution in [-0.2, 0) is 5.75 Å². The first kappa shape index (κ1) is 22.6. The van der Waals surface area contributed by atoms with Gasteiger partial charge in [-0.15, -0.1) is 0 Å². The molecule has 6 nitrogen and oxygen atoms in total. The molecule has 2 heterocycles. The molecule has 0 spiro atoms. The Labute approximate surface area is 184 Å². The van der Waals surface area contributed by atoms with Crippen LogP contribution in [0, 0.1) is 12.8 Å². The number of amides is 1. The quantitative estimate of drug-likeness (QED) is 0.513. The van der Waals surface area contributed by atoms with Gasteiger partial charge in [-0.1, -0.05) is 44.7 Å². The van der Waals surface area contributed by atoms with Crippen LogP contribution in [0.4, 0.5) is 5.82 Å². The second kappa shape index (κ2) is 10.8. The Morgan fingerprint density at radius 2 is 1.93 bits per heavy atom. The van der Waals surface area contributed by atoms with Gasteiger partial charge in [0.2, 0.25) is 0 Å². The number of carbonyl (C=O) groups is 1. The molecule has 1 aliphatic rings. The Morgan fingerprint density at radius 3 is 2.63 bits per heavy atom. The maximum absolute atomic E-state index is 12.3. The number of nitrogens with zero attached hydrogens (tertiary/aromatic N) is 4. The molecular formula is C23H33N5OS. The summed E-state index contributed by atoms with van der Waals surface area (Å²) in [5.41, 5.74) is 2.79. The Morgan fingerprint density at radius 1 is 1.17 bits per heavy atom. The molecule has 0 radical (unpaired) electrons. The lowest BCUT2D eigenvalue weighted by Gasteiger charge is -2.34. The zero-order valence-corrected chi connectivity index (χ0v) is 19.3. The van der Waals surface area contributed by atoms with Gasteiger partial charge < -0.3 is 15.1 Å². The van der Waals surface area contributed by atoms with E-state index in [1.165, 1.54) is 0 Å². The highest BCUT2D eigenvalue weighted by Crippen LogP contribution is 2.24. The van der Waals surface area contributed by atoms with Gasteiger partial charge in [0.1, 0.15) is 5.82 Å². The lowest BCUT2D eigenvalue weighted by Crippen LogP contribution is -2.46. The van der Waals surface area contributed by atoms with E-state index in [4.69, 9.17) is 4.98 Å². The van der Waals surface area contributed by atoms with E-state index < -0.39 is 0 Å². The van der Waals surface area contributed by atoms with E-state index in [1.807, 2.05) is 31.2 Å². The van der Waals surface area contributed by atoms with Crippen molar-refractivity contribution in [2.75, 3.05) is 44.2 Å². The Kier molecular flexibility index (Phi) is 8.10. The highest BCUT2D eigenvalue weighted by atomic mass is 32.2. The minimum absolute atomic E-state index is 0.0177. The summed E-state index contributed by atoms with van der Waals surface area (Å²) in [5.74, 6) is 2.17.